The monoisotopic (exact) mass is 162 g/mol. The van der Waals surface area contributed by atoms with Gasteiger partial charge in [-0.25, -0.2) is 0 Å². The van der Waals surface area contributed by atoms with Crippen molar-refractivity contribution >= 4 is 0 Å². The zero-order valence-electron chi connectivity index (χ0n) is 7.62. The maximum Gasteiger partial charge on any atom is 0.0334 e. The van der Waals surface area contributed by atoms with Crippen molar-refractivity contribution in [3.63, 3.8) is 0 Å². The molecule has 1 atom stereocenters. The summed E-state index contributed by atoms with van der Waals surface area (Å²) < 4.78 is 0. The predicted octanol–water partition coefficient (Wildman–Crippen LogP) is 1.63. The van der Waals surface area contributed by atoms with Gasteiger partial charge in [-0.3, -0.25) is 9.88 Å². The molecule has 1 unspecified atom stereocenters. The molecule has 2 nitrogen and oxygen atoms in total. The van der Waals surface area contributed by atoms with E-state index in [2.05, 4.69) is 29.9 Å². The second-order valence-corrected chi connectivity index (χ2v) is 3.48. The topological polar surface area (TPSA) is 16.1 Å². The van der Waals surface area contributed by atoms with Crippen molar-refractivity contribution in [3.8, 4) is 0 Å². The van der Waals surface area contributed by atoms with Gasteiger partial charge in [0, 0.05) is 25.0 Å². The lowest BCUT2D eigenvalue weighted by Crippen LogP contribution is -2.30. The molecule has 0 aromatic carbocycles. The Kier molecular flexibility index (Phi) is 1.85. The number of likely N-dealkylation sites (N-methyl/N-ethyl adjacent to an activating group) is 1. The van der Waals surface area contributed by atoms with E-state index in [-0.39, 0.29) is 0 Å². The molecule has 0 bridgehead atoms. The third-order valence-corrected chi connectivity index (χ3v) is 2.79. The van der Waals surface area contributed by atoms with Crippen LogP contribution in [0.2, 0.25) is 0 Å². The van der Waals surface area contributed by atoms with Gasteiger partial charge in [-0.05, 0) is 37.6 Å². The maximum atomic E-state index is 4.16. The van der Waals surface area contributed by atoms with Gasteiger partial charge in [0.05, 0.1) is 0 Å². The summed E-state index contributed by atoms with van der Waals surface area (Å²) >= 11 is 0. The number of pyridine rings is 1. The van der Waals surface area contributed by atoms with E-state index in [4.69, 9.17) is 0 Å². The van der Waals surface area contributed by atoms with E-state index in [0.29, 0.717) is 6.04 Å². The van der Waals surface area contributed by atoms with Gasteiger partial charge >= 0.3 is 0 Å². The van der Waals surface area contributed by atoms with Crippen molar-refractivity contribution in [1.29, 1.82) is 0 Å². The highest BCUT2D eigenvalue weighted by atomic mass is 15.1. The van der Waals surface area contributed by atoms with Crippen LogP contribution in [0.25, 0.3) is 0 Å². The number of fused-ring (bicyclic) bond motifs is 1. The maximum absolute atomic E-state index is 4.16. The molecule has 0 radical (unpaired) electrons. The second kappa shape index (κ2) is 2.87. The largest absolute Gasteiger partial charge is 0.299 e. The van der Waals surface area contributed by atoms with Crippen LogP contribution in [0.1, 0.15) is 24.1 Å². The number of nitrogens with zero attached hydrogens (tertiary/aromatic N) is 2. The van der Waals surface area contributed by atoms with Crippen molar-refractivity contribution < 1.29 is 0 Å². The first-order valence-corrected chi connectivity index (χ1v) is 4.42. The Morgan fingerprint density at radius 2 is 2.42 bits per heavy atom. The molecule has 1 aromatic rings. The molecular weight excluding hydrogens is 148 g/mol. The van der Waals surface area contributed by atoms with Gasteiger partial charge < -0.3 is 0 Å². The van der Waals surface area contributed by atoms with Gasteiger partial charge in [0.25, 0.3) is 0 Å². The molecule has 2 heteroatoms. The van der Waals surface area contributed by atoms with Crippen LogP contribution < -0.4 is 0 Å². The molecule has 1 aliphatic rings. The Hall–Kier alpha value is -0.890. The van der Waals surface area contributed by atoms with Gasteiger partial charge in [-0.2, -0.15) is 0 Å². The molecule has 0 N–H and O–H groups in total. The molecular formula is C10H14N2. The van der Waals surface area contributed by atoms with E-state index in [9.17, 15) is 0 Å². The van der Waals surface area contributed by atoms with Gasteiger partial charge in [-0.15, -0.1) is 0 Å². The van der Waals surface area contributed by atoms with Gasteiger partial charge in [0.15, 0.2) is 0 Å². The minimum Gasteiger partial charge on any atom is -0.299 e. The molecule has 2 heterocycles. The Morgan fingerprint density at radius 3 is 3.25 bits per heavy atom. The average Bonchev–Trinajstić information content (AvgIpc) is 2.12. The normalized spacial score (nSPS) is 23.7. The summed E-state index contributed by atoms with van der Waals surface area (Å²) in [6, 6.07) is 2.67. The summed E-state index contributed by atoms with van der Waals surface area (Å²) in [4.78, 5) is 6.52. The summed E-state index contributed by atoms with van der Waals surface area (Å²) in [6.07, 6.45) is 5.05. The van der Waals surface area contributed by atoms with Crippen LogP contribution in [0.5, 0.6) is 0 Å². The Bertz CT molecular complexity index is 283. The molecule has 2 rings (SSSR count). The van der Waals surface area contributed by atoms with Crippen LogP contribution in [0.15, 0.2) is 18.5 Å². The Labute approximate surface area is 73.2 Å². The molecule has 0 aliphatic carbocycles. The molecule has 0 fully saturated rings. The van der Waals surface area contributed by atoms with Crippen LogP contribution >= 0.6 is 0 Å². The summed E-state index contributed by atoms with van der Waals surface area (Å²) in [5.41, 5.74) is 2.86. The highest BCUT2D eigenvalue weighted by Crippen LogP contribution is 2.26. The average molecular weight is 162 g/mol. The van der Waals surface area contributed by atoms with E-state index < -0.39 is 0 Å². The van der Waals surface area contributed by atoms with Crippen molar-refractivity contribution in [2.75, 3.05) is 13.6 Å². The van der Waals surface area contributed by atoms with E-state index >= 15 is 0 Å². The third kappa shape index (κ3) is 1.12. The lowest BCUT2D eigenvalue weighted by molar-refractivity contribution is 0.247. The lowest BCUT2D eigenvalue weighted by atomic mass is 9.96. The number of hydrogen-bond donors (Lipinski definition) is 0. The first kappa shape index (κ1) is 7.74. The molecule has 0 spiro atoms. The lowest BCUT2D eigenvalue weighted by Gasteiger charge is -2.31. The van der Waals surface area contributed by atoms with Crippen LogP contribution in [-0.2, 0) is 6.42 Å². The minimum absolute atomic E-state index is 0.530. The SMILES string of the molecule is CC1c2cnccc2CCN1C. The van der Waals surface area contributed by atoms with Crippen LogP contribution in [0.4, 0.5) is 0 Å². The number of hydrogen-bond acceptors (Lipinski definition) is 2. The molecule has 0 saturated carbocycles. The fraction of sp³-hybridized carbons (Fsp3) is 0.500. The van der Waals surface area contributed by atoms with Gasteiger partial charge in [0.2, 0.25) is 0 Å². The molecule has 1 aromatic heterocycles. The van der Waals surface area contributed by atoms with Gasteiger partial charge in [-0.1, -0.05) is 0 Å². The molecule has 0 saturated heterocycles. The fourth-order valence-electron chi connectivity index (χ4n) is 1.77. The van der Waals surface area contributed by atoms with E-state index in [0.717, 1.165) is 6.54 Å². The third-order valence-electron chi connectivity index (χ3n) is 2.79. The summed E-state index contributed by atoms with van der Waals surface area (Å²) in [6.45, 7) is 3.40. The van der Waals surface area contributed by atoms with E-state index in [1.54, 1.807) is 0 Å². The van der Waals surface area contributed by atoms with Crippen molar-refractivity contribution in [2.45, 2.75) is 19.4 Å². The fourth-order valence-corrected chi connectivity index (χ4v) is 1.77. The standard InChI is InChI=1S/C10H14N2/c1-8-10-7-11-5-3-9(10)4-6-12(8)2/h3,5,7-8H,4,6H2,1-2H3. The van der Waals surface area contributed by atoms with Crippen LogP contribution in [0.3, 0.4) is 0 Å². The highest BCUT2D eigenvalue weighted by molar-refractivity contribution is 5.28. The van der Waals surface area contributed by atoms with Crippen LogP contribution in [0, 0.1) is 0 Å². The van der Waals surface area contributed by atoms with Crippen molar-refractivity contribution in [2.24, 2.45) is 0 Å². The van der Waals surface area contributed by atoms with E-state index in [1.165, 1.54) is 17.5 Å². The second-order valence-electron chi connectivity index (χ2n) is 3.48. The minimum atomic E-state index is 0.530. The molecule has 1 aliphatic heterocycles. The molecule has 0 amide bonds. The van der Waals surface area contributed by atoms with Gasteiger partial charge in [0.1, 0.15) is 0 Å². The van der Waals surface area contributed by atoms with Crippen LogP contribution in [-0.4, -0.2) is 23.5 Å². The zero-order valence-corrected chi connectivity index (χ0v) is 7.62. The first-order chi connectivity index (χ1) is 5.79. The summed E-state index contributed by atoms with van der Waals surface area (Å²) in [5, 5.41) is 0. The zero-order chi connectivity index (χ0) is 8.55. The molecule has 64 valence electrons. The highest BCUT2D eigenvalue weighted by Gasteiger charge is 2.19. The van der Waals surface area contributed by atoms with Crippen molar-refractivity contribution in [1.82, 2.24) is 9.88 Å². The van der Waals surface area contributed by atoms with E-state index in [1.807, 2.05) is 12.4 Å². The molecule has 12 heavy (non-hydrogen) atoms. The smallest absolute Gasteiger partial charge is 0.0334 e. The number of aromatic nitrogens is 1. The number of rotatable bonds is 0. The summed E-state index contributed by atoms with van der Waals surface area (Å²) in [5.74, 6) is 0. The van der Waals surface area contributed by atoms with Crippen molar-refractivity contribution in [3.05, 3.63) is 29.6 Å². The first-order valence-electron chi connectivity index (χ1n) is 4.42. The Morgan fingerprint density at radius 1 is 1.58 bits per heavy atom. The quantitative estimate of drug-likeness (QED) is 0.576. The summed E-state index contributed by atoms with van der Waals surface area (Å²) in [7, 11) is 2.17. The Balaban J connectivity index is 2.42. The predicted molar refractivity (Wildman–Crippen MR) is 49.0 cm³/mol.